The van der Waals surface area contributed by atoms with E-state index >= 15 is 0 Å². The second kappa shape index (κ2) is 8.00. The first-order valence-corrected chi connectivity index (χ1v) is 10.5. The van der Waals surface area contributed by atoms with Crippen LogP contribution >= 0.6 is 0 Å². The Kier molecular flexibility index (Phi) is 5.30. The number of nitrogens with one attached hydrogen (secondary N) is 2. The Morgan fingerprint density at radius 3 is 2.54 bits per heavy atom. The summed E-state index contributed by atoms with van der Waals surface area (Å²) in [5.41, 5.74) is -1.59. The third-order valence-electron chi connectivity index (χ3n) is 6.51. The van der Waals surface area contributed by atoms with Gasteiger partial charge in [0, 0.05) is 11.5 Å². The number of fused-ring (bicyclic) bond motifs is 4. The first kappa shape index (κ1) is 23.2. The highest BCUT2D eigenvalue weighted by Crippen LogP contribution is 2.50. The maximum Gasteiger partial charge on any atom is 0.416 e. The van der Waals surface area contributed by atoms with Crippen LogP contribution in [0.3, 0.4) is 0 Å². The minimum absolute atomic E-state index is 0.0766. The first-order valence-electron chi connectivity index (χ1n) is 10.5. The number of ether oxygens (including phenoxy) is 2. The van der Waals surface area contributed by atoms with Gasteiger partial charge in [-0.25, -0.2) is 0 Å². The molecule has 1 aliphatic carbocycles. The number of amides is 2. The molecule has 13 heteroatoms. The smallest absolute Gasteiger partial charge is 0.416 e. The molecule has 10 nitrogen and oxygen atoms in total. The van der Waals surface area contributed by atoms with Crippen LogP contribution in [-0.4, -0.2) is 69.4 Å². The maximum absolute atomic E-state index is 13.1. The molecule has 6 atom stereocenters. The van der Waals surface area contributed by atoms with Gasteiger partial charge in [0.2, 0.25) is 12.5 Å². The van der Waals surface area contributed by atoms with E-state index in [1.807, 2.05) is 0 Å². The standard InChI is InChI=1S/C22H19F3N2O8/c23-22(24,25)8-3-1-2-7(4-8)20(32)26-13-11-9-5-10-19(35-6-34-10)15(28)12(9)21(33)27-14(11)17(30)18(31)16(13)29/h1-5,11,13-14,16-18,28-31H,6H2,(H,26,32)(H,27,33). The molecule has 1 fully saturated rings. The lowest BCUT2D eigenvalue weighted by atomic mass is 9.68. The fourth-order valence-electron chi connectivity index (χ4n) is 4.85. The van der Waals surface area contributed by atoms with Gasteiger partial charge in [0.25, 0.3) is 11.8 Å². The van der Waals surface area contributed by atoms with Gasteiger partial charge >= 0.3 is 6.18 Å². The number of carbonyl (C=O) groups excluding carboxylic acids is 2. The average Bonchev–Trinajstić information content (AvgIpc) is 3.29. The predicted molar refractivity (Wildman–Crippen MR) is 109 cm³/mol. The Balaban J connectivity index is 1.57. The average molecular weight is 496 g/mol. The molecule has 35 heavy (non-hydrogen) atoms. The molecule has 1 saturated carbocycles. The molecule has 0 bridgehead atoms. The summed E-state index contributed by atoms with van der Waals surface area (Å²) in [5.74, 6) is -3.46. The minimum atomic E-state index is -4.70. The Hall–Kier alpha value is -3.55. The summed E-state index contributed by atoms with van der Waals surface area (Å²) in [6, 6.07) is 2.36. The van der Waals surface area contributed by atoms with E-state index in [9.17, 15) is 43.2 Å². The van der Waals surface area contributed by atoms with Gasteiger partial charge in [-0.05, 0) is 29.8 Å². The van der Waals surface area contributed by atoms with Gasteiger partial charge in [-0.3, -0.25) is 9.59 Å². The fourth-order valence-corrected chi connectivity index (χ4v) is 4.85. The number of aliphatic hydroxyl groups is 3. The van der Waals surface area contributed by atoms with Gasteiger partial charge in [-0.1, -0.05) is 6.07 Å². The summed E-state index contributed by atoms with van der Waals surface area (Å²) >= 11 is 0. The van der Waals surface area contributed by atoms with Gasteiger partial charge in [0.1, 0.15) is 18.3 Å². The van der Waals surface area contributed by atoms with Crippen molar-refractivity contribution in [3.05, 3.63) is 52.6 Å². The van der Waals surface area contributed by atoms with E-state index in [0.717, 1.165) is 18.2 Å². The molecule has 2 aromatic rings. The molecule has 6 unspecified atom stereocenters. The van der Waals surface area contributed by atoms with Crippen LogP contribution in [0.25, 0.3) is 0 Å². The number of rotatable bonds is 2. The number of phenols is 1. The van der Waals surface area contributed by atoms with Crippen LogP contribution in [0.4, 0.5) is 13.2 Å². The van der Waals surface area contributed by atoms with Crippen LogP contribution in [0, 0.1) is 0 Å². The molecule has 186 valence electrons. The molecule has 2 aromatic carbocycles. The van der Waals surface area contributed by atoms with Crippen molar-refractivity contribution >= 4 is 11.8 Å². The monoisotopic (exact) mass is 496 g/mol. The van der Waals surface area contributed by atoms with Gasteiger partial charge < -0.3 is 40.5 Å². The predicted octanol–water partition coefficient (Wildman–Crippen LogP) is 0.230. The number of benzene rings is 2. The molecule has 0 aromatic heterocycles. The number of carbonyl (C=O) groups is 2. The third-order valence-corrected chi connectivity index (χ3v) is 6.51. The second-order valence-corrected chi connectivity index (χ2v) is 8.50. The number of halogens is 3. The van der Waals surface area contributed by atoms with Crippen molar-refractivity contribution in [1.29, 1.82) is 0 Å². The van der Waals surface area contributed by atoms with Gasteiger partial charge in [0.15, 0.2) is 11.5 Å². The molecular weight excluding hydrogens is 477 g/mol. The molecule has 6 N–H and O–H groups in total. The Morgan fingerprint density at radius 1 is 1.09 bits per heavy atom. The molecule has 2 amide bonds. The largest absolute Gasteiger partial charge is 0.504 e. The van der Waals surface area contributed by atoms with Crippen molar-refractivity contribution in [2.24, 2.45) is 0 Å². The van der Waals surface area contributed by atoms with Crippen LogP contribution in [-0.2, 0) is 6.18 Å². The normalized spacial score (nSPS) is 29.1. The molecular formula is C22H19F3N2O8. The number of hydrogen-bond acceptors (Lipinski definition) is 8. The van der Waals surface area contributed by atoms with E-state index in [4.69, 9.17) is 9.47 Å². The second-order valence-electron chi connectivity index (χ2n) is 8.50. The zero-order valence-corrected chi connectivity index (χ0v) is 17.6. The van der Waals surface area contributed by atoms with E-state index in [-0.39, 0.29) is 35.0 Å². The van der Waals surface area contributed by atoms with Crippen molar-refractivity contribution in [3.63, 3.8) is 0 Å². The summed E-state index contributed by atoms with van der Waals surface area (Å²) < 4.78 is 49.8. The number of aromatic hydroxyl groups is 1. The van der Waals surface area contributed by atoms with E-state index in [2.05, 4.69) is 10.6 Å². The van der Waals surface area contributed by atoms with Crippen LogP contribution in [0.15, 0.2) is 30.3 Å². The number of aliphatic hydroxyl groups excluding tert-OH is 3. The highest BCUT2D eigenvalue weighted by atomic mass is 19.4. The quantitative estimate of drug-likeness (QED) is 0.345. The highest BCUT2D eigenvalue weighted by molar-refractivity contribution is 6.02. The SMILES string of the molecule is O=C(NC1C(O)C(O)C(O)C2NC(=O)c3c(cc4c(c3O)OCO4)C12)c1cccc(C(F)(F)F)c1. The van der Waals surface area contributed by atoms with Crippen molar-refractivity contribution < 1.29 is 52.7 Å². The van der Waals surface area contributed by atoms with Crippen molar-refractivity contribution in [1.82, 2.24) is 10.6 Å². The summed E-state index contributed by atoms with van der Waals surface area (Å²) in [6.45, 7) is -0.235. The summed E-state index contributed by atoms with van der Waals surface area (Å²) in [6.07, 6.45) is -9.95. The Labute approximate surface area is 194 Å². The van der Waals surface area contributed by atoms with Gasteiger partial charge in [-0.15, -0.1) is 0 Å². The van der Waals surface area contributed by atoms with E-state index in [1.54, 1.807) is 0 Å². The van der Waals surface area contributed by atoms with Crippen molar-refractivity contribution in [2.75, 3.05) is 6.79 Å². The summed E-state index contributed by atoms with van der Waals surface area (Å²) in [7, 11) is 0. The van der Waals surface area contributed by atoms with E-state index in [0.29, 0.717) is 6.07 Å². The van der Waals surface area contributed by atoms with E-state index < -0.39 is 65.6 Å². The van der Waals surface area contributed by atoms with Gasteiger partial charge in [-0.2, -0.15) is 13.2 Å². The third kappa shape index (κ3) is 3.63. The summed E-state index contributed by atoms with van der Waals surface area (Å²) in [5, 5.41) is 47.2. The molecule has 3 aliphatic rings. The van der Waals surface area contributed by atoms with Crippen LogP contribution in [0.2, 0.25) is 0 Å². The zero-order valence-electron chi connectivity index (χ0n) is 17.6. The van der Waals surface area contributed by atoms with Gasteiger partial charge in [0.05, 0.1) is 23.2 Å². The van der Waals surface area contributed by atoms with Crippen LogP contribution < -0.4 is 20.1 Å². The number of phenolic OH excluding ortho intramolecular Hbond substituents is 1. The lowest BCUT2D eigenvalue weighted by Crippen LogP contribution is -2.69. The Bertz CT molecular complexity index is 1220. The highest BCUT2D eigenvalue weighted by Gasteiger charge is 2.54. The number of alkyl halides is 3. The molecule has 0 saturated heterocycles. The zero-order chi connectivity index (χ0) is 25.2. The minimum Gasteiger partial charge on any atom is -0.504 e. The molecule has 2 aliphatic heterocycles. The maximum atomic E-state index is 13.1. The topological polar surface area (TPSA) is 158 Å². The summed E-state index contributed by atoms with van der Waals surface area (Å²) in [4.78, 5) is 25.7. The molecule has 0 radical (unpaired) electrons. The lowest BCUT2D eigenvalue weighted by molar-refractivity contribution is -0.137. The fraction of sp³-hybridized carbons (Fsp3) is 0.364. The van der Waals surface area contributed by atoms with Crippen molar-refractivity contribution in [3.8, 4) is 17.2 Å². The first-order chi connectivity index (χ1) is 16.5. The molecule has 5 rings (SSSR count). The number of hydrogen-bond donors (Lipinski definition) is 6. The molecule has 2 heterocycles. The lowest BCUT2D eigenvalue weighted by Gasteiger charge is -2.49. The van der Waals surface area contributed by atoms with Crippen LogP contribution in [0.5, 0.6) is 17.2 Å². The van der Waals surface area contributed by atoms with Crippen molar-refractivity contribution in [2.45, 2.75) is 42.5 Å². The van der Waals surface area contributed by atoms with E-state index in [1.165, 1.54) is 6.07 Å². The Morgan fingerprint density at radius 2 is 1.83 bits per heavy atom. The molecule has 0 spiro atoms. The van der Waals surface area contributed by atoms with Crippen LogP contribution in [0.1, 0.15) is 37.8 Å².